The van der Waals surface area contributed by atoms with Crippen LogP contribution in [0.3, 0.4) is 0 Å². The van der Waals surface area contributed by atoms with E-state index < -0.39 is 11.8 Å². The first kappa shape index (κ1) is 19.5. The number of carbonyl (C=O) groups is 1. The summed E-state index contributed by atoms with van der Waals surface area (Å²) in [5, 5.41) is 17.4. The number of hydrogen-bond acceptors (Lipinski definition) is 8. The van der Waals surface area contributed by atoms with Crippen LogP contribution in [-0.2, 0) is 16.0 Å². The second-order valence-corrected chi connectivity index (χ2v) is 6.84. The zero-order chi connectivity index (χ0) is 22.2. The summed E-state index contributed by atoms with van der Waals surface area (Å²) in [6.45, 7) is 0. The SMILES string of the molecule is COC(=O)Cc1nn(-c2cccc(F)c2)c2c1nnc1nc(-c3ccc(OC)cc3)nn12. The second-order valence-electron chi connectivity index (χ2n) is 6.84. The van der Waals surface area contributed by atoms with Gasteiger partial charge in [-0.1, -0.05) is 6.07 Å². The van der Waals surface area contributed by atoms with Crippen LogP contribution < -0.4 is 4.74 Å². The Morgan fingerprint density at radius 1 is 1.06 bits per heavy atom. The summed E-state index contributed by atoms with van der Waals surface area (Å²) in [5.41, 5.74) is 2.23. The summed E-state index contributed by atoms with van der Waals surface area (Å²) in [7, 11) is 2.88. The third kappa shape index (κ3) is 3.29. The fraction of sp³-hybridized carbons (Fsp3) is 0.143. The second kappa shape index (κ2) is 7.69. The molecule has 0 bridgehead atoms. The molecule has 0 aliphatic carbocycles. The van der Waals surface area contributed by atoms with Gasteiger partial charge in [-0.05, 0) is 42.5 Å². The van der Waals surface area contributed by atoms with E-state index in [0.717, 1.165) is 5.56 Å². The lowest BCUT2D eigenvalue weighted by molar-refractivity contribution is -0.139. The molecule has 0 radical (unpaired) electrons. The third-order valence-corrected chi connectivity index (χ3v) is 4.88. The Labute approximate surface area is 180 Å². The summed E-state index contributed by atoms with van der Waals surface area (Å²) in [5.74, 6) is 0.421. The minimum atomic E-state index is -0.491. The molecule has 0 N–H and O–H groups in total. The van der Waals surface area contributed by atoms with E-state index in [2.05, 4.69) is 25.4 Å². The number of carbonyl (C=O) groups excluding carboxylic acids is 1. The molecule has 0 aliphatic rings. The lowest BCUT2D eigenvalue weighted by Gasteiger charge is -2.03. The molecule has 5 aromatic rings. The van der Waals surface area contributed by atoms with Crippen LogP contribution in [0.4, 0.5) is 4.39 Å². The first-order valence-electron chi connectivity index (χ1n) is 9.55. The minimum absolute atomic E-state index is 0.129. The van der Waals surface area contributed by atoms with E-state index >= 15 is 0 Å². The highest BCUT2D eigenvalue weighted by molar-refractivity contribution is 5.82. The standard InChI is InChI=1S/C21H16FN7O3/c1-31-15-8-6-12(7-9-15)19-23-21-25-24-18-16(11-17(30)32-2)26-28(20(18)29(21)27-19)14-5-3-4-13(22)10-14/h3-10H,11H2,1-2H3. The maximum Gasteiger partial charge on any atom is 0.311 e. The van der Waals surface area contributed by atoms with Crippen molar-refractivity contribution in [2.45, 2.75) is 6.42 Å². The Morgan fingerprint density at radius 3 is 2.59 bits per heavy atom. The first-order valence-corrected chi connectivity index (χ1v) is 9.55. The number of esters is 1. The first-order chi connectivity index (χ1) is 15.6. The average Bonchev–Trinajstić information content (AvgIpc) is 3.41. The smallest absolute Gasteiger partial charge is 0.311 e. The van der Waals surface area contributed by atoms with Gasteiger partial charge in [0.2, 0.25) is 0 Å². The summed E-state index contributed by atoms with van der Waals surface area (Å²) in [6, 6.07) is 13.1. The van der Waals surface area contributed by atoms with Crippen LogP contribution in [0.15, 0.2) is 48.5 Å². The predicted octanol–water partition coefficient (Wildman–Crippen LogP) is 2.39. The fourth-order valence-electron chi connectivity index (χ4n) is 3.32. The van der Waals surface area contributed by atoms with Crippen LogP contribution in [-0.4, -0.2) is 54.8 Å². The maximum atomic E-state index is 13.9. The molecule has 0 spiro atoms. The van der Waals surface area contributed by atoms with Crippen molar-refractivity contribution in [3.63, 3.8) is 0 Å². The Morgan fingerprint density at radius 2 is 1.88 bits per heavy atom. The highest BCUT2D eigenvalue weighted by atomic mass is 19.1. The molecule has 0 atom stereocenters. The van der Waals surface area contributed by atoms with Gasteiger partial charge in [-0.25, -0.2) is 9.07 Å². The zero-order valence-electron chi connectivity index (χ0n) is 17.1. The van der Waals surface area contributed by atoms with Gasteiger partial charge in [0.25, 0.3) is 5.78 Å². The Kier molecular flexibility index (Phi) is 4.70. The monoisotopic (exact) mass is 433 g/mol. The van der Waals surface area contributed by atoms with E-state index in [1.54, 1.807) is 31.4 Å². The van der Waals surface area contributed by atoms with Crippen molar-refractivity contribution in [1.29, 1.82) is 0 Å². The Hall–Kier alpha value is -4.41. The normalized spacial score (nSPS) is 11.2. The van der Waals surface area contributed by atoms with Crippen molar-refractivity contribution in [3.05, 3.63) is 60.0 Å². The average molecular weight is 433 g/mol. The number of fused-ring (bicyclic) bond motifs is 3. The van der Waals surface area contributed by atoms with Gasteiger partial charge >= 0.3 is 5.97 Å². The Balaban J connectivity index is 1.75. The highest BCUT2D eigenvalue weighted by Gasteiger charge is 2.22. The van der Waals surface area contributed by atoms with Crippen LogP contribution in [0.25, 0.3) is 34.0 Å². The van der Waals surface area contributed by atoms with E-state index in [9.17, 15) is 9.18 Å². The van der Waals surface area contributed by atoms with Gasteiger partial charge in [-0.15, -0.1) is 15.3 Å². The largest absolute Gasteiger partial charge is 0.497 e. The molecule has 11 heteroatoms. The van der Waals surface area contributed by atoms with Crippen LogP contribution in [0.5, 0.6) is 5.75 Å². The minimum Gasteiger partial charge on any atom is -0.497 e. The summed E-state index contributed by atoms with van der Waals surface area (Å²) in [6.07, 6.45) is -0.129. The quantitative estimate of drug-likeness (QED) is 0.389. The van der Waals surface area contributed by atoms with Gasteiger partial charge in [-0.3, -0.25) is 4.79 Å². The molecule has 3 aromatic heterocycles. The van der Waals surface area contributed by atoms with Gasteiger partial charge in [-0.2, -0.15) is 14.6 Å². The predicted molar refractivity (Wildman–Crippen MR) is 111 cm³/mol. The van der Waals surface area contributed by atoms with Gasteiger partial charge in [0.15, 0.2) is 17.0 Å². The number of benzene rings is 2. The van der Waals surface area contributed by atoms with Crippen LogP contribution in [0.1, 0.15) is 5.69 Å². The summed E-state index contributed by atoms with van der Waals surface area (Å²) in [4.78, 5) is 16.4. The maximum absolute atomic E-state index is 13.9. The molecular formula is C21H16FN7O3. The van der Waals surface area contributed by atoms with Crippen molar-refractivity contribution in [1.82, 2.24) is 34.6 Å². The van der Waals surface area contributed by atoms with E-state index in [0.29, 0.717) is 34.1 Å². The molecule has 160 valence electrons. The molecular weight excluding hydrogens is 417 g/mol. The molecule has 0 aliphatic heterocycles. The molecule has 10 nitrogen and oxygen atoms in total. The lowest BCUT2D eigenvalue weighted by Crippen LogP contribution is -2.06. The van der Waals surface area contributed by atoms with Gasteiger partial charge in [0.05, 0.1) is 26.3 Å². The van der Waals surface area contributed by atoms with E-state index in [1.807, 2.05) is 12.1 Å². The topological polar surface area (TPSA) is 109 Å². The fourth-order valence-corrected chi connectivity index (χ4v) is 3.32. The highest BCUT2D eigenvalue weighted by Crippen LogP contribution is 2.24. The van der Waals surface area contributed by atoms with E-state index in [1.165, 1.54) is 28.4 Å². The molecule has 0 unspecified atom stereocenters. The van der Waals surface area contributed by atoms with Crippen LogP contribution in [0.2, 0.25) is 0 Å². The Bertz CT molecular complexity index is 1460. The van der Waals surface area contributed by atoms with E-state index in [4.69, 9.17) is 9.47 Å². The molecule has 0 fully saturated rings. The number of rotatable bonds is 5. The number of aromatic nitrogens is 7. The molecule has 5 rings (SSSR count). The van der Waals surface area contributed by atoms with Crippen molar-refractivity contribution >= 4 is 22.9 Å². The van der Waals surface area contributed by atoms with E-state index in [-0.39, 0.29) is 12.2 Å². The zero-order valence-corrected chi connectivity index (χ0v) is 17.1. The van der Waals surface area contributed by atoms with Crippen molar-refractivity contribution in [2.24, 2.45) is 0 Å². The number of nitrogens with zero attached hydrogens (tertiary/aromatic N) is 7. The van der Waals surface area contributed by atoms with Gasteiger partial charge in [0, 0.05) is 5.56 Å². The van der Waals surface area contributed by atoms with Gasteiger partial charge < -0.3 is 9.47 Å². The number of hydrogen-bond donors (Lipinski definition) is 0. The summed E-state index contributed by atoms with van der Waals surface area (Å²) >= 11 is 0. The van der Waals surface area contributed by atoms with Crippen molar-refractivity contribution in [2.75, 3.05) is 14.2 Å². The van der Waals surface area contributed by atoms with Crippen LogP contribution in [0, 0.1) is 5.82 Å². The third-order valence-electron chi connectivity index (χ3n) is 4.88. The van der Waals surface area contributed by atoms with Crippen molar-refractivity contribution < 1.29 is 18.7 Å². The summed E-state index contributed by atoms with van der Waals surface area (Å²) < 4.78 is 26.8. The lowest BCUT2D eigenvalue weighted by atomic mass is 10.2. The molecule has 32 heavy (non-hydrogen) atoms. The van der Waals surface area contributed by atoms with Crippen molar-refractivity contribution in [3.8, 4) is 22.8 Å². The molecule has 0 saturated carbocycles. The molecule has 3 heterocycles. The molecule has 0 amide bonds. The number of ether oxygens (including phenoxy) is 2. The molecule has 2 aromatic carbocycles. The van der Waals surface area contributed by atoms with Gasteiger partial charge in [0.1, 0.15) is 17.3 Å². The number of methoxy groups -OCH3 is 2. The molecule has 0 saturated heterocycles. The number of halogens is 1. The van der Waals surface area contributed by atoms with Crippen LogP contribution >= 0.6 is 0 Å².